The second-order valence-electron chi connectivity index (χ2n) is 7.29. The van der Waals surface area contributed by atoms with E-state index in [2.05, 4.69) is 23.9 Å². The summed E-state index contributed by atoms with van der Waals surface area (Å²) in [4.78, 5) is 25.5. The Kier molecular flexibility index (Phi) is 12.2. The molecule has 1 rings (SSSR count). The van der Waals surface area contributed by atoms with Crippen LogP contribution in [0.1, 0.15) is 53.4 Å². The molecular weight excluding hydrogens is 386 g/mol. The summed E-state index contributed by atoms with van der Waals surface area (Å²) in [6.07, 6.45) is 1.97. The summed E-state index contributed by atoms with van der Waals surface area (Å²) in [6.45, 7) is 10.3. The van der Waals surface area contributed by atoms with Crippen molar-refractivity contribution in [3.8, 4) is 5.75 Å². The molecular formula is C22H36N3O5+. The van der Waals surface area contributed by atoms with Gasteiger partial charge in [0.05, 0.1) is 19.8 Å². The fourth-order valence-corrected chi connectivity index (χ4v) is 2.84. The average molecular weight is 423 g/mol. The molecule has 0 saturated carbocycles. The molecule has 0 amide bonds. The summed E-state index contributed by atoms with van der Waals surface area (Å²) in [7, 11) is 0. The fourth-order valence-electron chi connectivity index (χ4n) is 2.84. The SMILES string of the molecule is CCOC(=O)CCCN(CCCC(=O)OCC)c1ccc(N=[NH2+])c(OCC(C)C)c1. The first-order valence-corrected chi connectivity index (χ1v) is 10.6. The minimum Gasteiger partial charge on any atom is -0.491 e. The predicted octanol–water partition coefficient (Wildman–Crippen LogP) is 3.06. The van der Waals surface area contributed by atoms with Gasteiger partial charge < -0.3 is 19.1 Å². The molecule has 0 radical (unpaired) electrons. The highest BCUT2D eigenvalue weighted by molar-refractivity contribution is 5.70. The molecule has 0 spiro atoms. The highest BCUT2D eigenvalue weighted by Crippen LogP contribution is 2.32. The summed E-state index contributed by atoms with van der Waals surface area (Å²) in [5.41, 5.74) is 7.00. The van der Waals surface area contributed by atoms with Gasteiger partial charge in [-0.3, -0.25) is 9.59 Å². The topological polar surface area (TPSA) is 103 Å². The predicted molar refractivity (Wildman–Crippen MR) is 115 cm³/mol. The first kappa shape index (κ1) is 25.4. The fraction of sp³-hybridized carbons (Fsp3) is 0.636. The molecule has 0 aliphatic heterocycles. The van der Waals surface area contributed by atoms with Crippen molar-refractivity contribution in [2.24, 2.45) is 11.0 Å². The number of hydrogen-bond donors (Lipinski definition) is 1. The normalized spacial score (nSPS) is 10.6. The lowest BCUT2D eigenvalue weighted by Crippen LogP contribution is -2.27. The van der Waals surface area contributed by atoms with Crippen LogP contribution in [0.3, 0.4) is 0 Å². The van der Waals surface area contributed by atoms with Gasteiger partial charge in [-0.2, -0.15) is 5.53 Å². The van der Waals surface area contributed by atoms with Crippen molar-refractivity contribution in [1.29, 1.82) is 0 Å². The van der Waals surface area contributed by atoms with Crippen LogP contribution in [0.25, 0.3) is 0 Å². The molecule has 0 heterocycles. The Morgan fingerprint density at radius 3 is 2.07 bits per heavy atom. The number of carbonyl (C=O) groups excluding carboxylic acids is 2. The van der Waals surface area contributed by atoms with E-state index in [1.165, 1.54) is 0 Å². The molecule has 0 bridgehead atoms. The standard InChI is InChI=1S/C22H35N3O5/c1-5-28-21(26)9-7-13-25(14-8-10-22(27)29-6-2)18-11-12-19(24-23)20(15-18)30-16-17(3)4/h11-12,15,17,23H,5-10,13-14,16H2,1-4H3/p+1. The maximum absolute atomic E-state index is 11.7. The van der Waals surface area contributed by atoms with Crippen molar-refractivity contribution in [1.82, 2.24) is 0 Å². The number of rotatable bonds is 15. The number of ether oxygens (including phenoxy) is 3. The van der Waals surface area contributed by atoms with E-state index >= 15 is 0 Å². The van der Waals surface area contributed by atoms with Crippen LogP contribution in [-0.4, -0.2) is 44.8 Å². The number of anilines is 1. The number of carbonyl (C=O) groups is 2. The summed E-state index contributed by atoms with van der Waals surface area (Å²) < 4.78 is 15.9. The van der Waals surface area contributed by atoms with Gasteiger partial charge in [-0.1, -0.05) is 13.8 Å². The first-order valence-electron chi connectivity index (χ1n) is 10.6. The van der Waals surface area contributed by atoms with E-state index in [0.29, 0.717) is 75.9 Å². The van der Waals surface area contributed by atoms with Crippen LogP contribution in [0, 0.1) is 5.92 Å². The van der Waals surface area contributed by atoms with Gasteiger partial charge in [0, 0.05) is 37.7 Å². The molecule has 0 saturated heterocycles. The van der Waals surface area contributed by atoms with Gasteiger partial charge in [-0.25, -0.2) is 0 Å². The van der Waals surface area contributed by atoms with Crippen LogP contribution in [0.5, 0.6) is 5.75 Å². The van der Waals surface area contributed by atoms with Crippen LogP contribution in [0.4, 0.5) is 11.4 Å². The molecule has 1 aromatic rings. The van der Waals surface area contributed by atoms with Crippen molar-refractivity contribution >= 4 is 23.3 Å². The summed E-state index contributed by atoms with van der Waals surface area (Å²) >= 11 is 0. The van der Waals surface area contributed by atoms with E-state index in [1.54, 1.807) is 13.8 Å². The third kappa shape index (κ3) is 9.71. The van der Waals surface area contributed by atoms with E-state index in [1.807, 2.05) is 18.2 Å². The summed E-state index contributed by atoms with van der Waals surface area (Å²) in [6, 6.07) is 5.64. The van der Waals surface area contributed by atoms with Crippen LogP contribution in [0.15, 0.2) is 23.3 Å². The zero-order valence-electron chi connectivity index (χ0n) is 18.7. The molecule has 8 nitrogen and oxygen atoms in total. The highest BCUT2D eigenvalue weighted by Gasteiger charge is 2.14. The average Bonchev–Trinajstić information content (AvgIpc) is 2.71. The van der Waals surface area contributed by atoms with Crippen LogP contribution in [-0.2, 0) is 19.1 Å². The lowest BCUT2D eigenvalue weighted by atomic mass is 10.2. The Morgan fingerprint density at radius 2 is 1.60 bits per heavy atom. The van der Waals surface area contributed by atoms with Crippen molar-refractivity contribution in [3.63, 3.8) is 0 Å². The third-order valence-corrected chi connectivity index (χ3v) is 4.25. The van der Waals surface area contributed by atoms with E-state index in [0.717, 1.165) is 5.69 Å². The van der Waals surface area contributed by atoms with Crippen molar-refractivity contribution in [3.05, 3.63) is 18.2 Å². The van der Waals surface area contributed by atoms with Gasteiger partial charge in [0.15, 0.2) is 11.4 Å². The third-order valence-electron chi connectivity index (χ3n) is 4.25. The number of benzene rings is 1. The largest absolute Gasteiger partial charge is 0.491 e. The Hall–Kier alpha value is -2.64. The van der Waals surface area contributed by atoms with Gasteiger partial charge in [0.25, 0.3) is 0 Å². The molecule has 8 heteroatoms. The minimum absolute atomic E-state index is 0.206. The second-order valence-corrected chi connectivity index (χ2v) is 7.29. The number of hydrogen-bond acceptors (Lipinski definition) is 7. The van der Waals surface area contributed by atoms with E-state index < -0.39 is 0 Å². The molecule has 168 valence electrons. The smallest absolute Gasteiger partial charge is 0.305 e. The molecule has 0 aliphatic rings. The van der Waals surface area contributed by atoms with Crippen molar-refractivity contribution in [2.75, 3.05) is 37.8 Å². The van der Waals surface area contributed by atoms with Gasteiger partial charge in [0.1, 0.15) is 0 Å². The Morgan fingerprint density at radius 1 is 1.03 bits per heavy atom. The second kappa shape index (κ2) is 14.4. The van der Waals surface area contributed by atoms with E-state index in [4.69, 9.17) is 19.7 Å². The zero-order chi connectivity index (χ0) is 22.4. The molecule has 1 aromatic carbocycles. The van der Waals surface area contributed by atoms with Gasteiger partial charge >= 0.3 is 11.9 Å². The maximum Gasteiger partial charge on any atom is 0.305 e. The lowest BCUT2D eigenvalue weighted by Gasteiger charge is -2.25. The lowest BCUT2D eigenvalue weighted by molar-refractivity contribution is -0.210. The zero-order valence-corrected chi connectivity index (χ0v) is 18.7. The monoisotopic (exact) mass is 422 g/mol. The Balaban J connectivity index is 2.89. The molecule has 2 N–H and O–H groups in total. The van der Waals surface area contributed by atoms with E-state index in [-0.39, 0.29) is 11.9 Å². The van der Waals surface area contributed by atoms with Crippen LogP contribution in [0.2, 0.25) is 0 Å². The van der Waals surface area contributed by atoms with Crippen LogP contribution < -0.4 is 15.2 Å². The van der Waals surface area contributed by atoms with Gasteiger partial charge in [-0.15, -0.1) is 0 Å². The minimum atomic E-state index is -0.206. The highest BCUT2D eigenvalue weighted by atomic mass is 16.5. The number of nitrogens with two attached hydrogens (primary N) is 1. The summed E-state index contributed by atoms with van der Waals surface area (Å²) in [5.74, 6) is 0.568. The molecule has 0 aliphatic carbocycles. The van der Waals surface area contributed by atoms with Gasteiger partial charge in [-0.05, 0) is 49.9 Å². The van der Waals surface area contributed by atoms with Crippen LogP contribution >= 0.6 is 0 Å². The molecule has 0 atom stereocenters. The summed E-state index contributed by atoms with van der Waals surface area (Å²) in [5, 5.41) is 3.79. The number of nitrogens with zero attached hydrogens (tertiary/aromatic N) is 2. The molecule has 0 unspecified atom stereocenters. The Labute approximate surface area is 179 Å². The van der Waals surface area contributed by atoms with Crippen molar-refractivity contribution < 1.29 is 29.3 Å². The van der Waals surface area contributed by atoms with Gasteiger partial charge in [0.2, 0.25) is 0 Å². The molecule has 0 aromatic heterocycles. The quantitative estimate of drug-likeness (QED) is 0.344. The molecule has 0 fully saturated rings. The van der Waals surface area contributed by atoms with Crippen molar-refractivity contribution in [2.45, 2.75) is 53.4 Å². The Bertz CT molecular complexity index is 655. The first-order chi connectivity index (χ1) is 14.4. The number of esters is 2. The van der Waals surface area contributed by atoms with E-state index in [9.17, 15) is 9.59 Å². The molecule has 30 heavy (non-hydrogen) atoms. The maximum atomic E-state index is 11.7.